The van der Waals surface area contributed by atoms with Crippen LogP contribution in [0, 0.1) is 5.92 Å². The largest absolute Gasteiger partial charge is 0.395 e. The Labute approximate surface area is 91.3 Å². The molecule has 1 atom stereocenters. The molecule has 0 spiro atoms. The summed E-state index contributed by atoms with van der Waals surface area (Å²) in [4.78, 5) is 4.27. The van der Waals surface area contributed by atoms with E-state index in [2.05, 4.69) is 35.6 Å². The van der Waals surface area contributed by atoms with Crippen LogP contribution in [0.5, 0.6) is 0 Å². The van der Waals surface area contributed by atoms with E-state index in [0.717, 1.165) is 12.4 Å². The molecule has 0 aromatic carbocycles. The van der Waals surface area contributed by atoms with E-state index in [9.17, 15) is 0 Å². The molecule has 0 bridgehead atoms. The Hall–Kier alpha value is -0.870. The Morgan fingerprint density at radius 1 is 1.53 bits per heavy atom. The van der Waals surface area contributed by atoms with Gasteiger partial charge in [-0.1, -0.05) is 13.8 Å². The van der Waals surface area contributed by atoms with Gasteiger partial charge in [-0.05, 0) is 12.8 Å². The monoisotopic (exact) mass is 211 g/mol. The van der Waals surface area contributed by atoms with Gasteiger partial charge < -0.3 is 15.0 Å². The maximum Gasteiger partial charge on any atom is 0.122 e. The molecule has 4 heteroatoms. The van der Waals surface area contributed by atoms with Crippen LogP contribution in [0.2, 0.25) is 0 Å². The van der Waals surface area contributed by atoms with Crippen molar-refractivity contribution in [3.8, 4) is 0 Å². The van der Waals surface area contributed by atoms with Crippen LogP contribution in [0.3, 0.4) is 0 Å². The second-order valence-electron chi connectivity index (χ2n) is 4.04. The lowest BCUT2D eigenvalue weighted by molar-refractivity contribution is 0.209. The molecule has 0 saturated carbocycles. The summed E-state index contributed by atoms with van der Waals surface area (Å²) in [6.45, 7) is 8.11. The van der Waals surface area contributed by atoms with Crippen LogP contribution in [0.15, 0.2) is 12.4 Å². The second kappa shape index (κ2) is 5.88. The minimum atomic E-state index is 0.145. The molecule has 0 aliphatic heterocycles. The van der Waals surface area contributed by atoms with E-state index in [0.29, 0.717) is 12.5 Å². The molecular weight excluding hydrogens is 190 g/mol. The van der Waals surface area contributed by atoms with Crippen LogP contribution >= 0.6 is 0 Å². The summed E-state index contributed by atoms with van der Waals surface area (Å²) in [7, 11) is 0. The lowest BCUT2D eigenvalue weighted by Gasteiger charge is -2.19. The normalized spacial score (nSPS) is 13.4. The number of hydrogen-bond donors (Lipinski definition) is 2. The van der Waals surface area contributed by atoms with Crippen molar-refractivity contribution in [1.82, 2.24) is 14.9 Å². The van der Waals surface area contributed by atoms with E-state index < -0.39 is 0 Å². The molecule has 86 valence electrons. The van der Waals surface area contributed by atoms with Crippen molar-refractivity contribution in [2.24, 2.45) is 5.92 Å². The van der Waals surface area contributed by atoms with Gasteiger partial charge >= 0.3 is 0 Å². The first-order chi connectivity index (χ1) is 7.19. The fraction of sp³-hybridized carbons (Fsp3) is 0.727. The summed E-state index contributed by atoms with van der Waals surface area (Å²) in [5.41, 5.74) is 0. The quantitative estimate of drug-likeness (QED) is 0.738. The van der Waals surface area contributed by atoms with Crippen molar-refractivity contribution in [3.63, 3.8) is 0 Å². The summed E-state index contributed by atoms with van der Waals surface area (Å²) in [5, 5.41) is 12.5. The lowest BCUT2D eigenvalue weighted by Crippen LogP contribution is -2.37. The summed E-state index contributed by atoms with van der Waals surface area (Å²) in [5.74, 6) is 1.46. The van der Waals surface area contributed by atoms with Gasteiger partial charge in [0.2, 0.25) is 0 Å². The van der Waals surface area contributed by atoms with E-state index >= 15 is 0 Å². The number of nitrogens with one attached hydrogen (secondary N) is 1. The molecule has 0 saturated heterocycles. The van der Waals surface area contributed by atoms with Crippen LogP contribution in [-0.4, -0.2) is 27.3 Å². The van der Waals surface area contributed by atoms with E-state index in [1.807, 2.05) is 12.4 Å². The fourth-order valence-corrected chi connectivity index (χ4v) is 1.53. The van der Waals surface area contributed by atoms with Crippen molar-refractivity contribution >= 4 is 0 Å². The fourth-order valence-electron chi connectivity index (χ4n) is 1.53. The maximum absolute atomic E-state index is 9.16. The molecule has 4 nitrogen and oxygen atoms in total. The highest BCUT2D eigenvalue weighted by molar-refractivity contribution is 4.92. The third kappa shape index (κ3) is 3.32. The van der Waals surface area contributed by atoms with Crippen molar-refractivity contribution < 1.29 is 5.11 Å². The van der Waals surface area contributed by atoms with Crippen LogP contribution in [-0.2, 0) is 13.1 Å². The Kier molecular flexibility index (Phi) is 4.78. The van der Waals surface area contributed by atoms with Gasteiger partial charge in [-0.25, -0.2) is 4.98 Å². The van der Waals surface area contributed by atoms with E-state index in [1.54, 1.807) is 0 Å². The third-order valence-corrected chi connectivity index (χ3v) is 2.67. The summed E-state index contributed by atoms with van der Waals surface area (Å²) in [6, 6.07) is 0.145. The number of nitrogens with zero attached hydrogens (tertiary/aromatic N) is 2. The summed E-state index contributed by atoms with van der Waals surface area (Å²) < 4.78 is 2.10. The maximum atomic E-state index is 9.16. The molecule has 1 heterocycles. The highest BCUT2D eigenvalue weighted by Gasteiger charge is 2.12. The molecule has 0 aliphatic rings. The molecule has 0 amide bonds. The van der Waals surface area contributed by atoms with Crippen molar-refractivity contribution in [2.45, 2.75) is 39.9 Å². The number of aryl methyl sites for hydroxylation is 1. The average Bonchev–Trinajstić information content (AvgIpc) is 2.65. The van der Waals surface area contributed by atoms with Crippen LogP contribution in [0.1, 0.15) is 26.6 Å². The standard InChI is InChI=1S/C11H21N3O/c1-4-14-6-5-12-11(14)7-13-10(8-15)9(2)3/h5-6,9-10,13,15H,4,7-8H2,1-3H3. The first-order valence-electron chi connectivity index (χ1n) is 5.53. The zero-order chi connectivity index (χ0) is 11.3. The summed E-state index contributed by atoms with van der Waals surface area (Å²) in [6.07, 6.45) is 3.78. The number of aromatic nitrogens is 2. The topological polar surface area (TPSA) is 50.1 Å². The van der Waals surface area contributed by atoms with E-state index in [-0.39, 0.29) is 12.6 Å². The number of imidazole rings is 1. The molecule has 15 heavy (non-hydrogen) atoms. The van der Waals surface area contributed by atoms with E-state index in [4.69, 9.17) is 5.11 Å². The molecule has 1 rings (SSSR count). The molecular formula is C11H21N3O. The Balaban J connectivity index is 2.48. The predicted molar refractivity (Wildman–Crippen MR) is 60.5 cm³/mol. The van der Waals surface area contributed by atoms with Gasteiger partial charge in [0.25, 0.3) is 0 Å². The number of aliphatic hydroxyl groups is 1. The highest BCUT2D eigenvalue weighted by Crippen LogP contribution is 2.03. The average molecular weight is 211 g/mol. The third-order valence-electron chi connectivity index (χ3n) is 2.67. The van der Waals surface area contributed by atoms with Gasteiger partial charge in [0, 0.05) is 25.0 Å². The molecule has 2 N–H and O–H groups in total. The SMILES string of the molecule is CCn1ccnc1CNC(CO)C(C)C. The molecule has 1 unspecified atom stereocenters. The van der Waals surface area contributed by atoms with Gasteiger partial charge in [0.15, 0.2) is 0 Å². The number of rotatable bonds is 6. The van der Waals surface area contributed by atoms with Gasteiger partial charge in [0.1, 0.15) is 5.82 Å². The highest BCUT2D eigenvalue weighted by atomic mass is 16.3. The van der Waals surface area contributed by atoms with Crippen LogP contribution in [0.25, 0.3) is 0 Å². The van der Waals surface area contributed by atoms with Crippen molar-refractivity contribution in [3.05, 3.63) is 18.2 Å². The Bertz CT molecular complexity index is 283. The van der Waals surface area contributed by atoms with Crippen molar-refractivity contribution in [2.75, 3.05) is 6.61 Å². The molecule has 1 aromatic heterocycles. The van der Waals surface area contributed by atoms with Crippen molar-refractivity contribution in [1.29, 1.82) is 0 Å². The second-order valence-corrected chi connectivity index (χ2v) is 4.04. The van der Waals surface area contributed by atoms with Gasteiger partial charge in [-0.15, -0.1) is 0 Å². The predicted octanol–water partition coefficient (Wildman–Crippen LogP) is 1.01. The molecule has 1 aromatic rings. The van der Waals surface area contributed by atoms with Crippen LogP contribution < -0.4 is 5.32 Å². The first kappa shape index (κ1) is 12.2. The van der Waals surface area contributed by atoms with Gasteiger partial charge in [-0.2, -0.15) is 0 Å². The smallest absolute Gasteiger partial charge is 0.122 e. The summed E-state index contributed by atoms with van der Waals surface area (Å²) >= 11 is 0. The minimum Gasteiger partial charge on any atom is -0.395 e. The molecule has 0 fully saturated rings. The van der Waals surface area contributed by atoms with Gasteiger partial charge in [-0.3, -0.25) is 0 Å². The number of aliphatic hydroxyl groups excluding tert-OH is 1. The molecule has 0 radical (unpaired) electrons. The molecule has 0 aliphatic carbocycles. The first-order valence-corrected chi connectivity index (χ1v) is 5.53. The zero-order valence-electron chi connectivity index (χ0n) is 9.77. The Morgan fingerprint density at radius 3 is 2.80 bits per heavy atom. The number of hydrogen-bond acceptors (Lipinski definition) is 3. The van der Waals surface area contributed by atoms with E-state index in [1.165, 1.54) is 0 Å². The minimum absolute atomic E-state index is 0.145. The Morgan fingerprint density at radius 2 is 2.27 bits per heavy atom. The van der Waals surface area contributed by atoms with Gasteiger partial charge in [0.05, 0.1) is 13.2 Å². The lowest BCUT2D eigenvalue weighted by atomic mass is 10.1. The zero-order valence-corrected chi connectivity index (χ0v) is 9.77. The van der Waals surface area contributed by atoms with Crippen LogP contribution in [0.4, 0.5) is 0 Å².